The molecular formula is C16H19N5O3S. The van der Waals surface area contributed by atoms with Crippen LogP contribution < -0.4 is 10.6 Å². The van der Waals surface area contributed by atoms with Crippen LogP contribution in [-0.4, -0.2) is 32.1 Å². The topological polar surface area (TPSA) is 98.1 Å². The third-order valence-corrected chi connectivity index (χ3v) is 3.96. The number of anilines is 2. The van der Waals surface area contributed by atoms with Crippen molar-refractivity contribution in [3.05, 3.63) is 23.0 Å². The highest BCUT2D eigenvalue weighted by Gasteiger charge is 2.17. The van der Waals surface area contributed by atoms with Gasteiger partial charge in [-0.1, -0.05) is 0 Å². The van der Waals surface area contributed by atoms with E-state index in [1.54, 1.807) is 26.8 Å². The van der Waals surface area contributed by atoms with Crippen LogP contribution in [0.2, 0.25) is 0 Å². The van der Waals surface area contributed by atoms with Gasteiger partial charge in [-0.05, 0) is 32.9 Å². The van der Waals surface area contributed by atoms with Crippen molar-refractivity contribution in [3.63, 3.8) is 0 Å². The van der Waals surface area contributed by atoms with E-state index >= 15 is 0 Å². The van der Waals surface area contributed by atoms with Crippen LogP contribution in [0.25, 0.3) is 12.2 Å². The number of imidazole rings is 1. The molecule has 3 heterocycles. The second-order valence-corrected chi connectivity index (χ2v) is 7.38. The molecule has 0 unspecified atom stereocenters. The first kappa shape index (κ1) is 17.2. The van der Waals surface area contributed by atoms with E-state index in [1.165, 1.54) is 11.3 Å². The molecule has 9 heteroatoms. The molecule has 0 fully saturated rings. The van der Waals surface area contributed by atoms with Crippen molar-refractivity contribution in [2.45, 2.75) is 39.3 Å². The molecule has 0 saturated carbocycles. The molecule has 0 atom stereocenters. The highest BCUT2D eigenvalue weighted by atomic mass is 32.1. The molecule has 0 spiro atoms. The Morgan fingerprint density at radius 3 is 2.88 bits per heavy atom. The van der Waals surface area contributed by atoms with E-state index in [1.807, 2.05) is 22.2 Å². The van der Waals surface area contributed by atoms with Crippen LogP contribution in [0.5, 0.6) is 0 Å². The Bertz CT molecular complexity index is 831. The predicted octanol–water partition coefficient (Wildman–Crippen LogP) is 3.20. The molecule has 3 rings (SSSR count). The molecule has 0 aliphatic carbocycles. The Morgan fingerprint density at radius 1 is 1.36 bits per heavy atom. The van der Waals surface area contributed by atoms with Gasteiger partial charge < -0.3 is 9.30 Å². The van der Waals surface area contributed by atoms with E-state index in [9.17, 15) is 9.59 Å². The molecule has 25 heavy (non-hydrogen) atoms. The second-order valence-electron chi connectivity index (χ2n) is 6.52. The van der Waals surface area contributed by atoms with Gasteiger partial charge in [0, 0.05) is 24.5 Å². The number of hydrogen-bond acceptors (Lipinski definition) is 6. The Balaban J connectivity index is 1.62. The molecule has 2 aromatic heterocycles. The Labute approximate surface area is 148 Å². The monoisotopic (exact) mass is 361 g/mol. The average Bonchev–Trinajstić information content (AvgIpc) is 3.08. The van der Waals surface area contributed by atoms with Crippen molar-refractivity contribution in [2.75, 3.05) is 10.6 Å². The number of aromatic nitrogens is 3. The number of rotatable bonds is 3. The quantitative estimate of drug-likeness (QED) is 0.875. The number of fused-ring (bicyclic) bond motifs is 1. The Hall–Kier alpha value is -2.68. The third kappa shape index (κ3) is 4.66. The lowest BCUT2D eigenvalue weighted by Gasteiger charge is -2.18. The molecule has 8 nitrogen and oxygen atoms in total. The number of thiazole rings is 1. The van der Waals surface area contributed by atoms with Crippen LogP contribution in [0, 0.1) is 0 Å². The lowest BCUT2D eigenvalue weighted by Crippen LogP contribution is -2.27. The van der Waals surface area contributed by atoms with Gasteiger partial charge in [0.1, 0.15) is 5.60 Å². The third-order valence-electron chi connectivity index (χ3n) is 3.18. The van der Waals surface area contributed by atoms with Gasteiger partial charge in [-0.3, -0.25) is 15.4 Å². The summed E-state index contributed by atoms with van der Waals surface area (Å²) in [4.78, 5) is 31.7. The van der Waals surface area contributed by atoms with E-state index < -0.39 is 11.7 Å². The van der Waals surface area contributed by atoms with Crippen molar-refractivity contribution < 1.29 is 14.3 Å². The van der Waals surface area contributed by atoms with E-state index in [2.05, 4.69) is 20.6 Å². The van der Waals surface area contributed by atoms with E-state index in [0.29, 0.717) is 29.7 Å². The average molecular weight is 361 g/mol. The van der Waals surface area contributed by atoms with Crippen molar-refractivity contribution in [2.24, 2.45) is 0 Å². The number of aryl methyl sites for hydroxylation is 1. The van der Waals surface area contributed by atoms with E-state index in [0.717, 1.165) is 5.69 Å². The van der Waals surface area contributed by atoms with Gasteiger partial charge >= 0.3 is 6.09 Å². The second kappa shape index (κ2) is 6.67. The molecule has 132 valence electrons. The molecule has 1 aliphatic rings. The van der Waals surface area contributed by atoms with Gasteiger partial charge in [-0.15, -0.1) is 11.3 Å². The van der Waals surface area contributed by atoms with Gasteiger partial charge in [-0.2, -0.15) is 0 Å². The van der Waals surface area contributed by atoms with Crippen LogP contribution in [0.3, 0.4) is 0 Å². The number of nitrogens with one attached hydrogen (secondary N) is 2. The zero-order chi connectivity index (χ0) is 18.0. The zero-order valence-electron chi connectivity index (χ0n) is 14.2. The minimum Gasteiger partial charge on any atom is -0.444 e. The summed E-state index contributed by atoms with van der Waals surface area (Å²) in [7, 11) is 0. The Kier molecular flexibility index (Phi) is 4.58. The van der Waals surface area contributed by atoms with Crippen LogP contribution >= 0.6 is 11.3 Å². The molecular weight excluding hydrogens is 342 g/mol. The maximum Gasteiger partial charge on any atom is 0.413 e. The summed E-state index contributed by atoms with van der Waals surface area (Å²) in [5, 5.41) is 7.62. The minimum atomic E-state index is -0.556. The Morgan fingerprint density at radius 2 is 2.12 bits per heavy atom. The van der Waals surface area contributed by atoms with Crippen molar-refractivity contribution in [1.29, 1.82) is 0 Å². The lowest BCUT2D eigenvalue weighted by atomic mass is 10.2. The maximum absolute atomic E-state index is 11.7. The molecule has 0 radical (unpaired) electrons. The summed E-state index contributed by atoms with van der Waals surface area (Å²) in [5.74, 6) is 0.535. The van der Waals surface area contributed by atoms with Gasteiger partial charge in [0.05, 0.1) is 11.4 Å². The van der Waals surface area contributed by atoms with Gasteiger partial charge in [-0.25, -0.2) is 14.8 Å². The SMILES string of the molecule is CC(C)(C)OC(=O)Nc1nc(/C=C/c2cn3c(n2)NC(=O)CC3)cs1. The highest BCUT2D eigenvalue weighted by molar-refractivity contribution is 7.14. The van der Waals surface area contributed by atoms with Crippen molar-refractivity contribution >= 4 is 46.6 Å². The number of hydrogen-bond donors (Lipinski definition) is 2. The molecule has 1 aliphatic heterocycles. The first-order valence-corrected chi connectivity index (χ1v) is 8.67. The number of nitrogens with zero attached hydrogens (tertiary/aromatic N) is 3. The molecule has 2 amide bonds. The first-order chi connectivity index (χ1) is 11.8. The van der Waals surface area contributed by atoms with Crippen molar-refractivity contribution in [3.8, 4) is 0 Å². The summed E-state index contributed by atoms with van der Waals surface area (Å²) in [6, 6.07) is 0. The number of carbonyl (C=O) groups excluding carboxylic acids is 2. The number of amides is 2. The minimum absolute atomic E-state index is 0.0222. The van der Waals surface area contributed by atoms with Crippen LogP contribution in [0.4, 0.5) is 15.9 Å². The molecule has 0 aromatic carbocycles. The summed E-state index contributed by atoms with van der Waals surface area (Å²) in [5.41, 5.74) is 0.873. The summed E-state index contributed by atoms with van der Waals surface area (Å²) in [6.07, 6.45) is 5.40. The van der Waals surface area contributed by atoms with Gasteiger partial charge in [0.25, 0.3) is 0 Å². The van der Waals surface area contributed by atoms with E-state index in [4.69, 9.17) is 4.74 Å². The van der Waals surface area contributed by atoms with Crippen molar-refractivity contribution in [1.82, 2.24) is 14.5 Å². The molecule has 0 bridgehead atoms. The zero-order valence-corrected chi connectivity index (χ0v) is 15.0. The largest absolute Gasteiger partial charge is 0.444 e. The van der Waals surface area contributed by atoms with Gasteiger partial charge in [0.2, 0.25) is 11.9 Å². The molecule has 2 N–H and O–H groups in total. The standard InChI is InChI=1S/C16H19N5O3S/c1-16(2,3)24-15(23)20-14-18-11(9-25-14)5-4-10-8-21-7-6-12(22)19-13(21)17-10/h4-5,8-9H,6-7H2,1-3H3,(H,17,19,22)(H,18,20,23)/b5-4+. The fourth-order valence-electron chi connectivity index (χ4n) is 2.18. The normalized spacial score (nSPS) is 14.3. The molecule has 2 aromatic rings. The summed E-state index contributed by atoms with van der Waals surface area (Å²) < 4.78 is 7.09. The summed E-state index contributed by atoms with van der Waals surface area (Å²) in [6.45, 7) is 6.03. The molecule has 0 saturated heterocycles. The van der Waals surface area contributed by atoms with Gasteiger partial charge in [0.15, 0.2) is 5.13 Å². The fourth-order valence-corrected chi connectivity index (χ4v) is 2.84. The lowest BCUT2D eigenvalue weighted by molar-refractivity contribution is -0.116. The predicted molar refractivity (Wildman–Crippen MR) is 96.4 cm³/mol. The summed E-state index contributed by atoms with van der Waals surface area (Å²) >= 11 is 1.31. The number of ether oxygens (including phenoxy) is 1. The van der Waals surface area contributed by atoms with E-state index in [-0.39, 0.29) is 5.91 Å². The van der Waals surface area contributed by atoms with Crippen LogP contribution in [0.1, 0.15) is 38.6 Å². The van der Waals surface area contributed by atoms with Crippen LogP contribution in [-0.2, 0) is 16.1 Å². The fraction of sp³-hybridized carbons (Fsp3) is 0.375. The smallest absolute Gasteiger partial charge is 0.413 e. The number of carbonyl (C=O) groups is 2. The first-order valence-electron chi connectivity index (χ1n) is 7.79. The highest BCUT2D eigenvalue weighted by Crippen LogP contribution is 2.20. The maximum atomic E-state index is 11.7. The van der Waals surface area contributed by atoms with Crippen LogP contribution in [0.15, 0.2) is 11.6 Å².